The van der Waals surface area contributed by atoms with Crippen molar-refractivity contribution in [2.75, 3.05) is 6.54 Å². The van der Waals surface area contributed by atoms with Crippen LogP contribution in [0.15, 0.2) is 60.2 Å². The summed E-state index contributed by atoms with van der Waals surface area (Å²) in [5.41, 5.74) is 4.09. The normalized spacial score (nSPS) is 11.0. The molecule has 6 heteroatoms. The summed E-state index contributed by atoms with van der Waals surface area (Å²) in [6.45, 7) is 0.637. The van der Waals surface area contributed by atoms with Gasteiger partial charge in [0.15, 0.2) is 0 Å². The first-order valence-corrected chi connectivity index (χ1v) is 9.85. The third kappa shape index (κ3) is 4.23. The number of para-hydroxylation sites is 1. The Morgan fingerprint density at radius 2 is 1.96 bits per heavy atom. The third-order valence-electron chi connectivity index (χ3n) is 4.44. The first-order valence-electron chi connectivity index (χ1n) is 8.97. The Morgan fingerprint density at radius 3 is 2.85 bits per heavy atom. The van der Waals surface area contributed by atoms with E-state index in [9.17, 15) is 4.79 Å². The summed E-state index contributed by atoms with van der Waals surface area (Å²) in [7, 11) is 0. The first kappa shape index (κ1) is 17.4. The number of hydrogen-bond acceptors (Lipinski definition) is 4. The Bertz CT molecular complexity index is 1040. The number of nitrogens with zero attached hydrogens (tertiary/aromatic N) is 2. The number of rotatable bonds is 7. The Labute approximate surface area is 161 Å². The van der Waals surface area contributed by atoms with Crippen molar-refractivity contribution in [3.05, 3.63) is 70.8 Å². The summed E-state index contributed by atoms with van der Waals surface area (Å²) in [5.74, 6) is 0.0597. The first-order chi connectivity index (χ1) is 13.3. The van der Waals surface area contributed by atoms with E-state index >= 15 is 0 Å². The van der Waals surface area contributed by atoms with E-state index < -0.39 is 0 Å². The van der Waals surface area contributed by atoms with Crippen LogP contribution in [0.1, 0.15) is 17.0 Å². The maximum atomic E-state index is 12.1. The summed E-state index contributed by atoms with van der Waals surface area (Å²) >= 11 is 1.57. The lowest BCUT2D eigenvalue weighted by Crippen LogP contribution is -2.25. The van der Waals surface area contributed by atoms with Crippen LogP contribution in [0.4, 0.5) is 0 Å². The highest BCUT2D eigenvalue weighted by atomic mass is 32.1. The molecule has 27 heavy (non-hydrogen) atoms. The van der Waals surface area contributed by atoms with E-state index in [-0.39, 0.29) is 5.91 Å². The number of thiazole rings is 1. The van der Waals surface area contributed by atoms with Crippen molar-refractivity contribution in [3.8, 4) is 11.4 Å². The summed E-state index contributed by atoms with van der Waals surface area (Å²) in [6, 6.07) is 14.0. The van der Waals surface area contributed by atoms with E-state index in [4.69, 9.17) is 0 Å². The van der Waals surface area contributed by atoms with Gasteiger partial charge in [0.1, 0.15) is 0 Å². The molecule has 0 bridgehead atoms. The van der Waals surface area contributed by atoms with E-state index in [1.807, 2.05) is 41.9 Å². The van der Waals surface area contributed by atoms with Crippen LogP contribution in [-0.4, -0.2) is 27.4 Å². The minimum atomic E-state index is 0.0597. The number of hydrogen-bond donors (Lipinski definition) is 2. The molecule has 3 aromatic heterocycles. The van der Waals surface area contributed by atoms with Gasteiger partial charge in [-0.3, -0.25) is 9.78 Å². The van der Waals surface area contributed by atoms with Gasteiger partial charge in [-0.15, -0.1) is 11.3 Å². The number of aromatic amines is 1. The van der Waals surface area contributed by atoms with Gasteiger partial charge in [0.2, 0.25) is 5.91 Å². The molecule has 2 N–H and O–H groups in total. The molecule has 0 saturated carbocycles. The van der Waals surface area contributed by atoms with Gasteiger partial charge in [-0.25, -0.2) is 4.98 Å². The lowest BCUT2D eigenvalue weighted by molar-refractivity contribution is -0.121. The van der Waals surface area contributed by atoms with Gasteiger partial charge < -0.3 is 10.3 Å². The second-order valence-electron chi connectivity index (χ2n) is 6.30. The lowest BCUT2D eigenvalue weighted by atomic mass is 10.1. The molecule has 5 nitrogen and oxygen atoms in total. The van der Waals surface area contributed by atoms with Crippen LogP contribution >= 0.6 is 11.3 Å². The maximum absolute atomic E-state index is 12.1. The predicted octanol–water partition coefficient (Wildman–Crippen LogP) is 3.98. The number of nitrogens with one attached hydrogen (secondary N) is 2. The molecular weight excluding hydrogens is 356 g/mol. The van der Waals surface area contributed by atoms with Crippen molar-refractivity contribution < 1.29 is 4.79 Å². The van der Waals surface area contributed by atoms with Crippen LogP contribution in [0.3, 0.4) is 0 Å². The van der Waals surface area contributed by atoms with Crippen molar-refractivity contribution in [2.45, 2.75) is 19.3 Å². The standard InChI is InChI=1S/C21H20N4OS/c26-20(23-12-10-15-13-24-17-6-2-1-5-16(15)17)8-9-21-25-19(14-27-21)18-7-3-4-11-22-18/h1-7,11,13-14,24H,8-10,12H2,(H,23,26). The Hall–Kier alpha value is -2.99. The average molecular weight is 376 g/mol. The number of carbonyl (C=O) groups is 1. The van der Waals surface area contributed by atoms with Gasteiger partial charge in [-0.05, 0) is 30.2 Å². The third-order valence-corrected chi connectivity index (χ3v) is 5.35. The number of aromatic nitrogens is 3. The Kier molecular flexibility index (Phi) is 5.25. The Morgan fingerprint density at radius 1 is 1.07 bits per heavy atom. The van der Waals surface area contributed by atoms with Crippen LogP contribution in [0.5, 0.6) is 0 Å². The van der Waals surface area contributed by atoms with Crippen molar-refractivity contribution in [3.63, 3.8) is 0 Å². The minimum Gasteiger partial charge on any atom is -0.361 e. The molecule has 3 heterocycles. The molecule has 0 saturated heterocycles. The topological polar surface area (TPSA) is 70.7 Å². The number of amides is 1. The molecule has 0 unspecified atom stereocenters. The summed E-state index contributed by atoms with van der Waals surface area (Å²) < 4.78 is 0. The number of pyridine rings is 1. The molecule has 4 aromatic rings. The second kappa shape index (κ2) is 8.14. The summed E-state index contributed by atoms with van der Waals surface area (Å²) in [5, 5.41) is 7.18. The van der Waals surface area contributed by atoms with Crippen LogP contribution in [0, 0.1) is 0 Å². The van der Waals surface area contributed by atoms with Crippen LogP contribution in [0.2, 0.25) is 0 Å². The van der Waals surface area contributed by atoms with Crippen molar-refractivity contribution in [1.82, 2.24) is 20.3 Å². The maximum Gasteiger partial charge on any atom is 0.220 e. The van der Waals surface area contributed by atoms with Gasteiger partial charge in [0, 0.05) is 48.1 Å². The summed E-state index contributed by atoms with van der Waals surface area (Å²) in [6.07, 6.45) is 5.69. The van der Waals surface area contributed by atoms with Gasteiger partial charge in [0.25, 0.3) is 0 Å². The lowest BCUT2D eigenvalue weighted by Gasteiger charge is -2.04. The van der Waals surface area contributed by atoms with E-state index in [1.54, 1.807) is 17.5 Å². The largest absolute Gasteiger partial charge is 0.361 e. The molecule has 0 aliphatic rings. The van der Waals surface area contributed by atoms with Gasteiger partial charge >= 0.3 is 0 Å². The molecule has 0 fully saturated rings. The highest BCUT2D eigenvalue weighted by Gasteiger charge is 2.08. The number of carbonyl (C=O) groups excluding carboxylic acids is 1. The fraction of sp³-hybridized carbons (Fsp3) is 0.190. The predicted molar refractivity (Wildman–Crippen MR) is 109 cm³/mol. The highest BCUT2D eigenvalue weighted by Crippen LogP contribution is 2.20. The van der Waals surface area contributed by atoms with Gasteiger partial charge in [-0.1, -0.05) is 24.3 Å². The minimum absolute atomic E-state index is 0.0597. The number of aryl methyl sites for hydroxylation is 1. The van der Waals surface area contributed by atoms with E-state index in [0.717, 1.165) is 28.3 Å². The van der Waals surface area contributed by atoms with E-state index in [2.05, 4.69) is 32.4 Å². The monoisotopic (exact) mass is 376 g/mol. The second-order valence-corrected chi connectivity index (χ2v) is 7.24. The number of H-pyrrole nitrogens is 1. The molecule has 1 aromatic carbocycles. The molecule has 0 radical (unpaired) electrons. The van der Waals surface area contributed by atoms with E-state index in [1.165, 1.54) is 10.9 Å². The van der Waals surface area contributed by atoms with Crippen molar-refractivity contribution in [2.24, 2.45) is 0 Å². The zero-order chi connectivity index (χ0) is 18.5. The zero-order valence-electron chi connectivity index (χ0n) is 14.8. The quantitative estimate of drug-likeness (QED) is 0.512. The van der Waals surface area contributed by atoms with Crippen LogP contribution in [-0.2, 0) is 17.6 Å². The van der Waals surface area contributed by atoms with Crippen molar-refractivity contribution >= 4 is 28.1 Å². The van der Waals surface area contributed by atoms with Gasteiger partial charge in [-0.2, -0.15) is 0 Å². The molecular formula is C21H20N4OS. The molecule has 1 amide bonds. The van der Waals surface area contributed by atoms with Crippen molar-refractivity contribution in [1.29, 1.82) is 0 Å². The van der Waals surface area contributed by atoms with Crippen LogP contribution in [0.25, 0.3) is 22.3 Å². The molecule has 0 aliphatic heterocycles. The number of fused-ring (bicyclic) bond motifs is 1. The number of benzene rings is 1. The van der Waals surface area contributed by atoms with E-state index in [0.29, 0.717) is 19.4 Å². The fourth-order valence-electron chi connectivity index (χ4n) is 3.04. The fourth-order valence-corrected chi connectivity index (χ4v) is 3.83. The van der Waals surface area contributed by atoms with Gasteiger partial charge in [0.05, 0.1) is 16.4 Å². The Balaban J connectivity index is 1.25. The zero-order valence-corrected chi connectivity index (χ0v) is 15.6. The molecule has 0 spiro atoms. The SMILES string of the molecule is O=C(CCc1nc(-c2ccccn2)cs1)NCCc1c[nH]c2ccccc12. The van der Waals surface area contributed by atoms with Crippen LogP contribution < -0.4 is 5.32 Å². The molecule has 4 rings (SSSR count). The molecule has 0 aliphatic carbocycles. The highest BCUT2D eigenvalue weighted by molar-refractivity contribution is 7.09. The average Bonchev–Trinajstić information content (AvgIpc) is 3.35. The molecule has 0 atom stereocenters. The smallest absolute Gasteiger partial charge is 0.220 e. The summed E-state index contributed by atoms with van der Waals surface area (Å²) in [4.78, 5) is 24.3. The molecule has 136 valence electrons.